The maximum Gasteiger partial charge on any atom is 0.255 e. The molecule has 0 spiro atoms. The molecule has 0 bridgehead atoms. The van der Waals surface area contributed by atoms with Crippen LogP contribution in [0.1, 0.15) is 90.7 Å². The van der Waals surface area contributed by atoms with Gasteiger partial charge in [0, 0.05) is 23.2 Å². The Labute approximate surface area is 323 Å². The second kappa shape index (κ2) is 19.0. The smallest absolute Gasteiger partial charge is 0.255 e. The van der Waals surface area contributed by atoms with Gasteiger partial charge in [-0.3, -0.25) is 4.79 Å². The SMILES string of the molecule is COc1cc(C2NC(=O)c3ccccc3N2)ccc1OCCCCCCCCCOc1cccc(C2CC(c3cc(OC)c(OC)c(OC)c3)=NO2)c1OC. The number of nitrogens with one attached hydrogen (secondary N) is 2. The van der Waals surface area contributed by atoms with Crippen molar-refractivity contribution in [3.8, 4) is 40.2 Å². The van der Waals surface area contributed by atoms with Crippen molar-refractivity contribution in [3.63, 3.8) is 0 Å². The molecule has 0 radical (unpaired) electrons. The van der Waals surface area contributed by atoms with Crippen molar-refractivity contribution >= 4 is 17.3 Å². The maximum atomic E-state index is 12.6. The summed E-state index contributed by atoms with van der Waals surface area (Å²) in [4.78, 5) is 18.5. The van der Waals surface area contributed by atoms with E-state index in [1.54, 1.807) is 41.6 Å². The Hall–Kier alpha value is -5.78. The average Bonchev–Trinajstić information content (AvgIpc) is 3.72. The van der Waals surface area contributed by atoms with Crippen molar-refractivity contribution in [1.82, 2.24) is 5.32 Å². The molecule has 55 heavy (non-hydrogen) atoms. The van der Waals surface area contributed by atoms with Crippen molar-refractivity contribution in [3.05, 3.63) is 95.1 Å². The standard InChI is InChI=1S/C43H51N3O9/c1-48-37-24-28(42-44-32-18-12-11-16-30(32)43(47)45-42)20-21-34(37)53-22-13-9-7-6-8-10-14-23-54-35-19-15-17-31(40(35)51-4)36-27-33(46-55-36)29-25-38(49-2)41(52-5)39(26-29)50-3/h11-12,15-21,24-26,36,42,44H,6-10,13-14,22-23,27H2,1-5H3,(H,45,47). The molecular formula is C43H51N3O9. The third-order valence-electron chi connectivity index (χ3n) is 9.80. The van der Waals surface area contributed by atoms with Gasteiger partial charge in [-0.15, -0.1) is 0 Å². The van der Waals surface area contributed by atoms with Crippen LogP contribution >= 0.6 is 0 Å². The summed E-state index contributed by atoms with van der Waals surface area (Å²) >= 11 is 0. The minimum absolute atomic E-state index is 0.106. The van der Waals surface area contributed by atoms with E-state index >= 15 is 0 Å². The summed E-state index contributed by atoms with van der Waals surface area (Å²) in [5.41, 5.74) is 4.82. The van der Waals surface area contributed by atoms with Crippen LogP contribution in [0.15, 0.2) is 78.0 Å². The number of hydrogen-bond donors (Lipinski definition) is 2. The summed E-state index contributed by atoms with van der Waals surface area (Å²) in [5.74, 6) is 4.22. The van der Waals surface area contributed by atoms with Crippen molar-refractivity contribution in [2.24, 2.45) is 5.16 Å². The summed E-state index contributed by atoms with van der Waals surface area (Å²) in [7, 11) is 8.03. The van der Waals surface area contributed by atoms with Crippen LogP contribution in [-0.4, -0.2) is 60.4 Å². The van der Waals surface area contributed by atoms with Crippen molar-refractivity contribution in [2.75, 3.05) is 54.1 Å². The Balaban J connectivity index is 0.881. The van der Waals surface area contributed by atoms with Crippen LogP contribution < -0.4 is 43.8 Å². The van der Waals surface area contributed by atoms with Crippen molar-refractivity contribution < 1.29 is 42.8 Å². The van der Waals surface area contributed by atoms with Gasteiger partial charge in [0.15, 0.2) is 40.6 Å². The van der Waals surface area contributed by atoms with E-state index in [9.17, 15) is 4.79 Å². The third-order valence-corrected chi connectivity index (χ3v) is 9.80. The van der Waals surface area contributed by atoms with Gasteiger partial charge in [-0.2, -0.15) is 0 Å². The highest BCUT2D eigenvalue weighted by atomic mass is 16.6. The highest BCUT2D eigenvalue weighted by Gasteiger charge is 2.30. The van der Waals surface area contributed by atoms with E-state index in [1.165, 1.54) is 0 Å². The molecule has 2 aliphatic heterocycles. The van der Waals surface area contributed by atoms with Gasteiger partial charge in [-0.25, -0.2) is 0 Å². The Kier molecular flexibility index (Phi) is 13.5. The lowest BCUT2D eigenvalue weighted by atomic mass is 9.98. The molecule has 2 heterocycles. The van der Waals surface area contributed by atoms with Gasteiger partial charge in [0.2, 0.25) is 5.75 Å². The van der Waals surface area contributed by atoms with Gasteiger partial charge in [-0.1, -0.05) is 67.6 Å². The zero-order valence-corrected chi connectivity index (χ0v) is 32.3. The molecule has 4 aromatic rings. The molecule has 2 unspecified atom stereocenters. The second-order valence-corrected chi connectivity index (χ2v) is 13.3. The van der Waals surface area contributed by atoms with E-state index < -0.39 is 0 Å². The summed E-state index contributed by atoms with van der Waals surface area (Å²) in [5, 5.41) is 10.8. The lowest BCUT2D eigenvalue weighted by Gasteiger charge is -2.28. The molecule has 0 aromatic heterocycles. The molecule has 12 heteroatoms. The molecule has 4 aromatic carbocycles. The van der Waals surface area contributed by atoms with Crippen molar-refractivity contribution in [2.45, 2.75) is 63.6 Å². The number of amides is 1. The number of nitrogens with zero attached hydrogens (tertiary/aromatic N) is 1. The number of oxime groups is 1. The van der Waals surface area contributed by atoms with Crippen LogP contribution in [0, 0.1) is 0 Å². The highest BCUT2D eigenvalue weighted by molar-refractivity contribution is 6.02. The number of unbranched alkanes of at least 4 members (excludes halogenated alkanes) is 6. The lowest BCUT2D eigenvalue weighted by Crippen LogP contribution is -2.38. The van der Waals surface area contributed by atoms with Gasteiger partial charge >= 0.3 is 0 Å². The molecule has 0 saturated heterocycles. The highest BCUT2D eigenvalue weighted by Crippen LogP contribution is 2.43. The van der Waals surface area contributed by atoms with Gasteiger partial charge in [0.05, 0.1) is 60.0 Å². The molecule has 292 valence electrons. The third kappa shape index (κ3) is 9.30. The summed E-state index contributed by atoms with van der Waals surface area (Å²) in [6.07, 6.45) is 7.40. The van der Waals surface area contributed by atoms with Crippen LogP contribution in [0.2, 0.25) is 0 Å². The minimum atomic E-state index is -0.351. The number of fused-ring (bicyclic) bond motifs is 1. The number of carbonyl (C=O) groups is 1. The number of carbonyl (C=O) groups excluding carboxylic acids is 1. The topological polar surface area (TPSA) is 127 Å². The largest absolute Gasteiger partial charge is 0.493 e. The molecule has 0 aliphatic carbocycles. The molecule has 2 atom stereocenters. The Bertz CT molecular complexity index is 1920. The summed E-state index contributed by atoms with van der Waals surface area (Å²) in [6, 6.07) is 22.9. The van der Waals surface area contributed by atoms with E-state index in [-0.39, 0.29) is 18.2 Å². The Morgan fingerprint density at radius 1 is 0.636 bits per heavy atom. The van der Waals surface area contributed by atoms with E-state index in [0.717, 1.165) is 73.0 Å². The minimum Gasteiger partial charge on any atom is -0.493 e. The predicted molar refractivity (Wildman–Crippen MR) is 211 cm³/mol. The first kappa shape index (κ1) is 38.9. The number of rotatable bonds is 20. The van der Waals surface area contributed by atoms with Crippen LogP contribution in [-0.2, 0) is 4.84 Å². The first-order valence-electron chi connectivity index (χ1n) is 18.8. The number of benzene rings is 4. The fourth-order valence-electron chi connectivity index (χ4n) is 6.89. The molecule has 2 N–H and O–H groups in total. The summed E-state index contributed by atoms with van der Waals surface area (Å²) < 4.78 is 40.2. The van der Waals surface area contributed by atoms with E-state index in [2.05, 4.69) is 15.8 Å². The first-order valence-corrected chi connectivity index (χ1v) is 18.8. The zero-order chi connectivity index (χ0) is 38.6. The van der Waals surface area contributed by atoms with E-state index in [4.69, 9.17) is 38.0 Å². The Morgan fingerprint density at radius 2 is 1.29 bits per heavy atom. The molecule has 6 rings (SSSR count). The fourth-order valence-corrected chi connectivity index (χ4v) is 6.89. The van der Waals surface area contributed by atoms with Gasteiger partial charge in [0.1, 0.15) is 6.17 Å². The Morgan fingerprint density at radius 3 is 1.96 bits per heavy atom. The van der Waals surface area contributed by atoms with E-state index in [1.807, 2.05) is 66.7 Å². The second-order valence-electron chi connectivity index (χ2n) is 13.3. The molecule has 2 aliphatic rings. The van der Waals surface area contributed by atoms with Gasteiger partial charge in [0.25, 0.3) is 5.91 Å². The predicted octanol–water partition coefficient (Wildman–Crippen LogP) is 8.64. The summed E-state index contributed by atoms with van der Waals surface area (Å²) in [6.45, 7) is 1.21. The lowest BCUT2D eigenvalue weighted by molar-refractivity contribution is 0.0832. The van der Waals surface area contributed by atoms with Crippen LogP contribution in [0.3, 0.4) is 0 Å². The molecule has 0 fully saturated rings. The first-order chi connectivity index (χ1) is 27.0. The molecule has 1 amide bonds. The van der Waals surface area contributed by atoms with Gasteiger partial charge < -0.3 is 48.6 Å². The molecule has 12 nitrogen and oxygen atoms in total. The quantitative estimate of drug-likeness (QED) is 0.0847. The number of para-hydroxylation sites is 2. The number of hydrogen-bond acceptors (Lipinski definition) is 11. The fraction of sp³-hybridized carbons (Fsp3) is 0.395. The molecular weight excluding hydrogens is 702 g/mol. The van der Waals surface area contributed by atoms with E-state index in [0.29, 0.717) is 65.4 Å². The van der Waals surface area contributed by atoms with Crippen LogP contribution in [0.25, 0.3) is 0 Å². The maximum absolute atomic E-state index is 12.6. The zero-order valence-electron chi connectivity index (χ0n) is 32.3. The number of anilines is 1. The number of methoxy groups -OCH3 is 5. The monoisotopic (exact) mass is 753 g/mol. The van der Waals surface area contributed by atoms with Crippen LogP contribution in [0.4, 0.5) is 5.69 Å². The number of ether oxygens (including phenoxy) is 7. The van der Waals surface area contributed by atoms with Crippen LogP contribution in [0.5, 0.6) is 40.2 Å². The van der Waals surface area contributed by atoms with Crippen molar-refractivity contribution in [1.29, 1.82) is 0 Å². The molecule has 0 saturated carbocycles. The normalized spacial score (nSPS) is 15.8. The average molecular weight is 754 g/mol. The van der Waals surface area contributed by atoms with Gasteiger partial charge in [-0.05, 0) is 60.9 Å².